The van der Waals surface area contributed by atoms with E-state index in [9.17, 15) is 4.39 Å². The van der Waals surface area contributed by atoms with Gasteiger partial charge in [0.1, 0.15) is 5.82 Å². The van der Waals surface area contributed by atoms with E-state index in [2.05, 4.69) is 36.5 Å². The summed E-state index contributed by atoms with van der Waals surface area (Å²) in [5, 5.41) is 3.46. The summed E-state index contributed by atoms with van der Waals surface area (Å²) >= 11 is 0. The molecule has 0 bridgehead atoms. The molecular weight excluding hydrogens is 261 g/mol. The van der Waals surface area contributed by atoms with Crippen molar-refractivity contribution in [3.8, 4) is 0 Å². The number of benzene rings is 2. The third kappa shape index (κ3) is 2.86. The van der Waals surface area contributed by atoms with Crippen molar-refractivity contribution in [2.45, 2.75) is 38.1 Å². The van der Waals surface area contributed by atoms with Crippen LogP contribution in [0, 0.1) is 5.82 Å². The van der Waals surface area contributed by atoms with E-state index >= 15 is 0 Å². The molecule has 1 aliphatic carbocycles. The molecule has 2 aromatic rings. The van der Waals surface area contributed by atoms with Crippen molar-refractivity contribution < 1.29 is 4.39 Å². The molecule has 0 radical (unpaired) electrons. The molecule has 1 unspecified atom stereocenters. The molecule has 1 N–H and O–H groups in total. The molecule has 1 nitrogen and oxygen atoms in total. The summed E-state index contributed by atoms with van der Waals surface area (Å²) in [7, 11) is 0. The Kier molecular flexibility index (Phi) is 4.35. The fourth-order valence-electron chi connectivity index (χ4n) is 3.17. The number of hydrogen-bond acceptors (Lipinski definition) is 1. The highest BCUT2D eigenvalue weighted by Gasteiger charge is 2.26. The Balaban J connectivity index is 2.03. The Hall–Kier alpha value is -1.67. The molecule has 1 aliphatic rings. The maximum atomic E-state index is 14.2. The first kappa shape index (κ1) is 14.3. The minimum atomic E-state index is -0.133. The van der Waals surface area contributed by atoms with Gasteiger partial charge in [0, 0.05) is 5.56 Å². The minimum absolute atomic E-state index is 0.0620. The Labute approximate surface area is 126 Å². The van der Waals surface area contributed by atoms with Gasteiger partial charge in [-0.15, -0.1) is 0 Å². The van der Waals surface area contributed by atoms with Crippen LogP contribution in [0.4, 0.5) is 4.39 Å². The van der Waals surface area contributed by atoms with Crippen molar-refractivity contribution in [2.75, 3.05) is 6.54 Å². The van der Waals surface area contributed by atoms with E-state index in [1.54, 1.807) is 12.1 Å². The van der Waals surface area contributed by atoms with Crippen LogP contribution in [0.25, 0.3) is 0 Å². The van der Waals surface area contributed by atoms with Gasteiger partial charge in [-0.2, -0.15) is 0 Å². The first-order valence-electron chi connectivity index (χ1n) is 7.88. The highest BCUT2D eigenvalue weighted by molar-refractivity contribution is 5.40. The van der Waals surface area contributed by atoms with Gasteiger partial charge < -0.3 is 5.32 Å². The topological polar surface area (TPSA) is 12.0 Å². The monoisotopic (exact) mass is 283 g/mol. The lowest BCUT2D eigenvalue weighted by Crippen LogP contribution is -2.25. The number of hydrogen-bond donors (Lipinski definition) is 1. The second-order valence-electron chi connectivity index (χ2n) is 5.77. The van der Waals surface area contributed by atoms with Crippen molar-refractivity contribution in [3.63, 3.8) is 0 Å². The molecule has 1 fully saturated rings. The molecule has 2 aromatic carbocycles. The lowest BCUT2D eigenvalue weighted by Gasteiger charge is -2.31. The maximum Gasteiger partial charge on any atom is 0.128 e. The second-order valence-corrected chi connectivity index (χ2v) is 5.77. The molecule has 2 heteroatoms. The van der Waals surface area contributed by atoms with Crippen LogP contribution in [0.1, 0.15) is 54.8 Å². The third-order valence-electron chi connectivity index (χ3n) is 4.48. The molecule has 1 saturated carbocycles. The molecule has 1 atom stereocenters. The standard InChI is InChI=1S/C19H22FN/c1-2-21-19(17-12-5-6-13-18(17)20)16-11-4-3-10-15(16)14-8-7-9-14/h3-6,10-14,19,21H,2,7-9H2,1H3. The van der Waals surface area contributed by atoms with E-state index in [0.29, 0.717) is 5.92 Å². The van der Waals surface area contributed by atoms with Gasteiger partial charge in [-0.05, 0) is 42.5 Å². The van der Waals surface area contributed by atoms with Gasteiger partial charge in [0.2, 0.25) is 0 Å². The van der Waals surface area contributed by atoms with Crippen molar-refractivity contribution in [3.05, 3.63) is 71.0 Å². The van der Waals surface area contributed by atoms with Crippen molar-refractivity contribution >= 4 is 0 Å². The summed E-state index contributed by atoms with van der Waals surface area (Å²) in [6.07, 6.45) is 3.82. The van der Waals surface area contributed by atoms with Crippen molar-refractivity contribution in [1.29, 1.82) is 0 Å². The van der Waals surface area contributed by atoms with Crippen LogP contribution in [0.2, 0.25) is 0 Å². The highest BCUT2D eigenvalue weighted by atomic mass is 19.1. The van der Waals surface area contributed by atoms with Crippen LogP contribution in [-0.4, -0.2) is 6.54 Å². The van der Waals surface area contributed by atoms with Crippen molar-refractivity contribution in [2.24, 2.45) is 0 Å². The van der Waals surface area contributed by atoms with Crippen LogP contribution >= 0.6 is 0 Å². The van der Waals surface area contributed by atoms with E-state index in [4.69, 9.17) is 0 Å². The minimum Gasteiger partial charge on any atom is -0.306 e. The zero-order valence-electron chi connectivity index (χ0n) is 12.5. The average molecular weight is 283 g/mol. The predicted octanol–water partition coefficient (Wildman–Crippen LogP) is 4.79. The molecule has 0 saturated heterocycles. The summed E-state index contributed by atoms with van der Waals surface area (Å²) in [6, 6.07) is 15.6. The Morgan fingerprint density at radius 2 is 1.71 bits per heavy atom. The van der Waals surface area contributed by atoms with E-state index < -0.39 is 0 Å². The Morgan fingerprint density at radius 3 is 2.33 bits per heavy atom. The van der Waals surface area contributed by atoms with E-state index in [0.717, 1.165) is 12.1 Å². The van der Waals surface area contributed by atoms with Gasteiger partial charge in [0.05, 0.1) is 6.04 Å². The number of rotatable bonds is 5. The summed E-state index contributed by atoms with van der Waals surface area (Å²) in [5.41, 5.74) is 3.36. The van der Waals surface area contributed by atoms with Crippen LogP contribution in [0.15, 0.2) is 48.5 Å². The van der Waals surface area contributed by atoms with Gasteiger partial charge in [-0.3, -0.25) is 0 Å². The lowest BCUT2D eigenvalue weighted by molar-refractivity contribution is 0.413. The second kappa shape index (κ2) is 6.40. The summed E-state index contributed by atoms with van der Waals surface area (Å²) in [5.74, 6) is 0.515. The van der Waals surface area contributed by atoms with Crippen molar-refractivity contribution in [1.82, 2.24) is 5.32 Å². The molecule has 110 valence electrons. The molecule has 0 aromatic heterocycles. The van der Waals surface area contributed by atoms with Crippen LogP contribution in [-0.2, 0) is 0 Å². The quantitative estimate of drug-likeness (QED) is 0.831. The highest BCUT2D eigenvalue weighted by Crippen LogP contribution is 2.40. The van der Waals surface area contributed by atoms with Crippen LogP contribution in [0.5, 0.6) is 0 Å². The fourth-order valence-corrected chi connectivity index (χ4v) is 3.17. The molecular formula is C19H22FN. The van der Waals surface area contributed by atoms with Gasteiger partial charge in [-0.1, -0.05) is 55.8 Å². The fraction of sp³-hybridized carbons (Fsp3) is 0.368. The van der Waals surface area contributed by atoms with Gasteiger partial charge in [0.15, 0.2) is 0 Å². The zero-order valence-corrected chi connectivity index (χ0v) is 12.5. The predicted molar refractivity (Wildman–Crippen MR) is 85.0 cm³/mol. The zero-order chi connectivity index (χ0) is 14.7. The Bertz CT molecular complexity index is 604. The molecule has 3 rings (SSSR count). The largest absolute Gasteiger partial charge is 0.306 e. The molecule has 0 amide bonds. The summed E-state index contributed by atoms with van der Waals surface area (Å²) in [6.45, 7) is 2.89. The molecule has 0 heterocycles. The summed E-state index contributed by atoms with van der Waals surface area (Å²) < 4.78 is 14.2. The third-order valence-corrected chi connectivity index (χ3v) is 4.48. The van der Waals surface area contributed by atoms with E-state index in [1.165, 1.54) is 30.4 Å². The van der Waals surface area contributed by atoms with Gasteiger partial charge in [-0.25, -0.2) is 4.39 Å². The first-order chi connectivity index (χ1) is 10.3. The normalized spacial score (nSPS) is 16.5. The Morgan fingerprint density at radius 1 is 1.05 bits per heavy atom. The maximum absolute atomic E-state index is 14.2. The molecule has 0 spiro atoms. The van der Waals surface area contributed by atoms with E-state index in [1.807, 2.05) is 12.1 Å². The number of halogens is 1. The molecule has 0 aliphatic heterocycles. The average Bonchev–Trinajstić information content (AvgIpc) is 2.45. The molecule has 21 heavy (non-hydrogen) atoms. The number of nitrogens with one attached hydrogen (secondary N) is 1. The summed E-state index contributed by atoms with van der Waals surface area (Å²) in [4.78, 5) is 0. The lowest BCUT2D eigenvalue weighted by atomic mass is 9.76. The SMILES string of the molecule is CCNC(c1ccccc1F)c1ccccc1C1CCC1. The van der Waals surface area contributed by atoms with Crippen LogP contribution < -0.4 is 5.32 Å². The first-order valence-corrected chi connectivity index (χ1v) is 7.88. The van der Waals surface area contributed by atoms with E-state index in [-0.39, 0.29) is 11.9 Å². The van der Waals surface area contributed by atoms with Gasteiger partial charge in [0.25, 0.3) is 0 Å². The van der Waals surface area contributed by atoms with Gasteiger partial charge >= 0.3 is 0 Å². The smallest absolute Gasteiger partial charge is 0.128 e. The van der Waals surface area contributed by atoms with Crippen LogP contribution in [0.3, 0.4) is 0 Å².